The van der Waals surface area contributed by atoms with E-state index in [1.165, 1.54) is 6.20 Å². The second-order valence-electron chi connectivity index (χ2n) is 5.76. The van der Waals surface area contributed by atoms with E-state index in [4.69, 9.17) is 9.47 Å². The predicted molar refractivity (Wildman–Crippen MR) is 103 cm³/mol. The molecule has 0 aliphatic carbocycles. The van der Waals surface area contributed by atoms with E-state index in [-0.39, 0.29) is 5.57 Å². The van der Waals surface area contributed by atoms with Gasteiger partial charge in [0, 0.05) is 19.3 Å². The zero-order valence-electron chi connectivity index (χ0n) is 15.5. The van der Waals surface area contributed by atoms with Crippen molar-refractivity contribution in [3.63, 3.8) is 0 Å². The Kier molecular flexibility index (Phi) is 7.73. The third-order valence-corrected chi connectivity index (χ3v) is 3.92. The minimum absolute atomic E-state index is 0.0363. The number of rotatable bonds is 9. The molecule has 2 N–H and O–H groups in total. The summed E-state index contributed by atoms with van der Waals surface area (Å²) in [4.78, 5) is 12.1. The SMILES string of the molecule is COc1ccc(CNC(=O)/C(C#N)=C\NCCc2cccc(OC)c2)cc1. The van der Waals surface area contributed by atoms with Gasteiger partial charge in [0.05, 0.1) is 14.2 Å². The molecule has 0 spiro atoms. The van der Waals surface area contributed by atoms with Crippen molar-refractivity contribution < 1.29 is 14.3 Å². The van der Waals surface area contributed by atoms with Crippen molar-refractivity contribution in [3.8, 4) is 17.6 Å². The zero-order chi connectivity index (χ0) is 19.5. The average molecular weight is 365 g/mol. The van der Waals surface area contributed by atoms with Crippen LogP contribution in [-0.2, 0) is 17.8 Å². The Morgan fingerprint density at radius 3 is 2.48 bits per heavy atom. The van der Waals surface area contributed by atoms with Crippen molar-refractivity contribution in [2.75, 3.05) is 20.8 Å². The van der Waals surface area contributed by atoms with Gasteiger partial charge in [-0.2, -0.15) is 5.26 Å². The average Bonchev–Trinajstić information content (AvgIpc) is 2.72. The number of methoxy groups -OCH3 is 2. The molecule has 0 unspecified atom stereocenters. The van der Waals surface area contributed by atoms with Gasteiger partial charge in [0.15, 0.2) is 0 Å². The highest BCUT2D eigenvalue weighted by Gasteiger charge is 2.08. The Bertz CT molecular complexity index is 823. The van der Waals surface area contributed by atoms with Crippen molar-refractivity contribution in [1.82, 2.24) is 10.6 Å². The van der Waals surface area contributed by atoms with Gasteiger partial charge in [0.2, 0.25) is 0 Å². The maximum absolute atomic E-state index is 12.1. The van der Waals surface area contributed by atoms with Gasteiger partial charge in [-0.05, 0) is 41.8 Å². The molecule has 2 rings (SSSR count). The van der Waals surface area contributed by atoms with E-state index in [0.29, 0.717) is 13.1 Å². The fraction of sp³-hybridized carbons (Fsp3) is 0.238. The second kappa shape index (κ2) is 10.5. The molecule has 0 bridgehead atoms. The van der Waals surface area contributed by atoms with Crippen LogP contribution < -0.4 is 20.1 Å². The molecular weight excluding hydrogens is 342 g/mol. The summed E-state index contributed by atoms with van der Waals surface area (Å²) in [6.45, 7) is 0.940. The molecule has 0 aliphatic rings. The summed E-state index contributed by atoms with van der Waals surface area (Å²) >= 11 is 0. The molecule has 6 nitrogen and oxygen atoms in total. The van der Waals surface area contributed by atoms with Crippen molar-refractivity contribution in [2.24, 2.45) is 0 Å². The number of carbonyl (C=O) groups excluding carboxylic acids is 1. The number of nitrogens with one attached hydrogen (secondary N) is 2. The highest BCUT2D eigenvalue weighted by Crippen LogP contribution is 2.13. The monoisotopic (exact) mass is 365 g/mol. The number of benzene rings is 2. The van der Waals surface area contributed by atoms with Crippen LogP contribution >= 0.6 is 0 Å². The fourth-order valence-electron chi connectivity index (χ4n) is 2.39. The van der Waals surface area contributed by atoms with Crippen LogP contribution in [-0.4, -0.2) is 26.7 Å². The smallest absolute Gasteiger partial charge is 0.263 e. The van der Waals surface area contributed by atoms with E-state index in [9.17, 15) is 10.1 Å². The number of hydrogen-bond donors (Lipinski definition) is 2. The number of hydrogen-bond acceptors (Lipinski definition) is 5. The Labute approximate surface area is 159 Å². The molecule has 2 aromatic carbocycles. The minimum Gasteiger partial charge on any atom is -0.497 e. The fourth-order valence-corrected chi connectivity index (χ4v) is 2.39. The predicted octanol–water partition coefficient (Wildman–Crippen LogP) is 2.56. The molecule has 0 saturated carbocycles. The summed E-state index contributed by atoms with van der Waals surface area (Å²) in [5.41, 5.74) is 2.07. The van der Waals surface area contributed by atoms with Gasteiger partial charge in [-0.3, -0.25) is 4.79 Å². The number of nitrogens with zero attached hydrogens (tertiary/aromatic N) is 1. The molecule has 27 heavy (non-hydrogen) atoms. The molecule has 0 heterocycles. The van der Waals surface area contributed by atoms with E-state index in [1.54, 1.807) is 14.2 Å². The minimum atomic E-state index is -0.415. The maximum atomic E-state index is 12.1. The first-order valence-electron chi connectivity index (χ1n) is 8.54. The lowest BCUT2D eigenvalue weighted by Crippen LogP contribution is -2.25. The molecule has 140 valence electrons. The van der Waals surface area contributed by atoms with Crippen LogP contribution in [0.25, 0.3) is 0 Å². The Balaban J connectivity index is 1.81. The quantitative estimate of drug-likeness (QED) is 0.405. The first kappa shape index (κ1) is 19.9. The van der Waals surface area contributed by atoms with Crippen LogP contribution in [0.1, 0.15) is 11.1 Å². The first-order chi connectivity index (χ1) is 13.2. The normalized spacial score (nSPS) is 10.6. The van der Waals surface area contributed by atoms with Crippen LogP contribution in [0.4, 0.5) is 0 Å². The van der Waals surface area contributed by atoms with Crippen molar-refractivity contribution in [1.29, 1.82) is 5.26 Å². The number of ether oxygens (including phenoxy) is 2. The standard InChI is InChI=1S/C21H23N3O3/c1-26-19-8-6-17(7-9-19)14-24-21(25)18(13-22)15-23-11-10-16-4-3-5-20(12-16)27-2/h3-9,12,15,23H,10-11,14H2,1-2H3,(H,24,25)/b18-15-. The molecule has 0 radical (unpaired) electrons. The van der Waals surface area contributed by atoms with Crippen LogP contribution in [0.15, 0.2) is 60.3 Å². The first-order valence-corrected chi connectivity index (χ1v) is 8.54. The summed E-state index contributed by atoms with van der Waals surface area (Å²) in [7, 11) is 3.23. The van der Waals surface area contributed by atoms with E-state index >= 15 is 0 Å². The maximum Gasteiger partial charge on any atom is 0.263 e. The van der Waals surface area contributed by atoms with E-state index in [2.05, 4.69) is 10.6 Å². The lowest BCUT2D eigenvalue weighted by atomic mass is 10.1. The summed E-state index contributed by atoms with van der Waals surface area (Å²) in [5, 5.41) is 14.9. The van der Waals surface area contributed by atoms with Crippen molar-refractivity contribution >= 4 is 5.91 Å². The van der Waals surface area contributed by atoms with Gasteiger partial charge < -0.3 is 20.1 Å². The van der Waals surface area contributed by atoms with Crippen molar-refractivity contribution in [3.05, 3.63) is 71.4 Å². The topological polar surface area (TPSA) is 83.4 Å². The Morgan fingerprint density at radius 1 is 1.07 bits per heavy atom. The van der Waals surface area contributed by atoms with Gasteiger partial charge in [-0.1, -0.05) is 24.3 Å². The second-order valence-corrected chi connectivity index (χ2v) is 5.76. The summed E-state index contributed by atoms with van der Waals surface area (Å²) < 4.78 is 10.3. The van der Waals surface area contributed by atoms with Crippen LogP contribution in [0, 0.1) is 11.3 Å². The lowest BCUT2D eigenvalue weighted by Gasteiger charge is -2.07. The zero-order valence-corrected chi connectivity index (χ0v) is 15.5. The van der Waals surface area contributed by atoms with Gasteiger partial charge in [0.25, 0.3) is 5.91 Å². The molecular formula is C21H23N3O3. The van der Waals surface area contributed by atoms with Gasteiger partial charge in [0.1, 0.15) is 23.1 Å². The third kappa shape index (κ3) is 6.40. The number of carbonyl (C=O) groups is 1. The molecule has 0 atom stereocenters. The van der Waals surface area contributed by atoms with Gasteiger partial charge in [-0.15, -0.1) is 0 Å². The van der Waals surface area contributed by atoms with Crippen LogP contribution in [0.2, 0.25) is 0 Å². The Hall–Kier alpha value is -3.46. The summed E-state index contributed by atoms with van der Waals surface area (Å²) in [6.07, 6.45) is 2.20. The molecule has 0 saturated heterocycles. The molecule has 6 heteroatoms. The van der Waals surface area contributed by atoms with Crippen LogP contribution in [0.5, 0.6) is 11.5 Å². The lowest BCUT2D eigenvalue weighted by molar-refractivity contribution is -0.117. The number of nitriles is 1. The highest BCUT2D eigenvalue weighted by atomic mass is 16.5. The summed E-state index contributed by atoms with van der Waals surface area (Å²) in [5.74, 6) is 1.14. The van der Waals surface area contributed by atoms with Gasteiger partial charge >= 0.3 is 0 Å². The van der Waals surface area contributed by atoms with E-state index in [0.717, 1.165) is 29.0 Å². The van der Waals surface area contributed by atoms with Gasteiger partial charge in [-0.25, -0.2) is 0 Å². The number of amides is 1. The summed E-state index contributed by atoms with van der Waals surface area (Å²) in [6, 6.07) is 17.1. The molecule has 0 fully saturated rings. The molecule has 0 aromatic heterocycles. The Morgan fingerprint density at radius 2 is 1.81 bits per heavy atom. The van der Waals surface area contributed by atoms with E-state index < -0.39 is 5.91 Å². The highest BCUT2D eigenvalue weighted by molar-refractivity contribution is 5.97. The third-order valence-electron chi connectivity index (χ3n) is 3.92. The van der Waals surface area contributed by atoms with E-state index in [1.807, 2.05) is 54.6 Å². The largest absolute Gasteiger partial charge is 0.497 e. The molecule has 0 aliphatic heterocycles. The van der Waals surface area contributed by atoms with Crippen molar-refractivity contribution in [2.45, 2.75) is 13.0 Å². The molecule has 1 amide bonds. The molecule has 2 aromatic rings. The van der Waals surface area contributed by atoms with Crippen LogP contribution in [0.3, 0.4) is 0 Å².